The highest BCUT2D eigenvalue weighted by Crippen LogP contribution is 2.15. The molecule has 1 N–H and O–H groups in total. The first kappa shape index (κ1) is 16.6. The third-order valence-electron chi connectivity index (χ3n) is 3.00. The lowest BCUT2D eigenvalue weighted by molar-refractivity contribution is 0.0857. The van der Waals surface area contributed by atoms with E-state index in [0.29, 0.717) is 6.61 Å². The Bertz CT molecular complexity index is 327. The highest BCUT2D eigenvalue weighted by Gasteiger charge is 2.08. The molecule has 1 atom stereocenters. The molecule has 0 radical (unpaired) electrons. The monoisotopic (exact) mass is 330 g/mol. The highest BCUT2D eigenvalue weighted by atomic mass is 79.9. The second-order valence-corrected chi connectivity index (χ2v) is 5.54. The normalized spacial score (nSPS) is 12.6. The van der Waals surface area contributed by atoms with Gasteiger partial charge in [0.1, 0.15) is 0 Å². The van der Waals surface area contributed by atoms with Crippen LogP contribution in [-0.2, 0) is 15.9 Å². The number of aliphatic hydroxyl groups is 1. The van der Waals surface area contributed by atoms with E-state index in [4.69, 9.17) is 9.47 Å². The predicted octanol–water partition coefficient (Wildman–Crippen LogP) is 3.04. The van der Waals surface area contributed by atoms with Crippen LogP contribution in [0.15, 0.2) is 28.7 Å². The minimum atomic E-state index is 0.206. The van der Waals surface area contributed by atoms with Crippen LogP contribution in [0.3, 0.4) is 0 Å². The zero-order valence-electron chi connectivity index (χ0n) is 11.5. The molecule has 4 heteroatoms. The average Bonchev–Trinajstić information content (AvgIpc) is 2.43. The Morgan fingerprint density at radius 2 is 1.89 bits per heavy atom. The van der Waals surface area contributed by atoms with Gasteiger partial charge in [0, 0.05) is 38.0 Å². The van der Waals surface area contributed by atoms with Crippen molar-refractivity contribution in [1.82, 2.24) is 0 Å². The van der Waals surface area contributed by atoms with E-state index in [1.807, 2.05) is 12.1 Å². The maximum atomic E-state index is 9.40. The average molecular weight is 331 g/mol. The molecule has 1 aromatic carbocycles. The summed E-state index contributed by atoms with van der Waals surface area (Å²) in [6.45, 7) is 2.37. The minimum absolute atomic E-state index is 0.206. The summed E-state index contributed by atoms with van der Waals surface area (Å²) in [6.07, 6.45) is 2.71. The van der Waals surface area contributed by atoms with Crippen LogP contribution in [-0.4, -0.2) is 38.6 Å². The van der Waals surface area contributed by atoms with E-state index in [2.05, 4.69) is 28.1 Å². The molecule has 1 unspecified atom stereocenters. The lowest BCUT2D eigenvalue weighted by Crippen LogP contribution is -2.13. The summed E-state index contributed by atoms with van der Waals surface area (Å²) >= 11 is 3.42. The Balaban J connectivity index is 2.20. The van der Waals surface area contributed by atoms with Gasteiger partial charge in [-0.25, -0.2) is 0 Å². The van der Waals surface area contributed by atoms with E-state index in [1.165, 1.54) is 5.56 Å². The first-order valence-corrected chi connectivity index (χ1v) is 7.47. The van der Waals surface area contributed by atoms with Gasteiger partial charge in [0.2, 0.25) is 0 Å². The Morgan fingerprint density at radius 3 is 2.53 bits per heavy atom. The van der Waals surface area contributed by atoms with Crippen molar-refractivity contribution in [3.05, 3.63) is 34.3 Å². The van der Waals surface area contributed by atoms with Crippen molar-refractivity contribution in [3.8, 4) is 0 Å². The number of benzene rings is 1. The van der Waals surface area contributed by atoms with Crippen molar-refractivity contribution < 1.29 is 14.6 Å². The van der Waals surface area contributed by atoms with Gasteiger partial charge in [0.05, 0.1) is 0 Å². The Labute approximate surface area is 124 Å². The Hall–Kier alpha value is -0.420. The summed E-state index contributed by atoms with van der Waals surface area (Å²) in [5.74, 6) is 0.267. The van der Waals surface area contributed by atoms with Crippen LogP contribution in [0.4, 0.5) is 0 Å². The van der Waals surface area contributed by atoms with E-state index < -0.39 is 0 Å². The molecule has 0 bridgehead atoms. The van der Waals surface area contributed by atoms with Gasteiger partial charge in [-0.15, -0.1) is 0 Å². The second kappa shape index (κ2) is 10.4. The standard InChI is InChI=1S/C15H23BrO3/c1-18-8-2-9-19-10-7-14(12-17)11-13-3-5-15(16)6-4-13/h3-6,14,17H,2,7-12H2,1H3. The van der Waals surface area contributed by atoms with Gasteiger partial charge < -0.3 is 14.6 Å². The topological polar surface area (TPSA) is 38.7 Å². The maximum absolute atomic E-state index is 9.40. The van der Waals surface area contributed by atoms with Crippen LogP contribution in [0, 0.1) is 5.92 Å². The first-order valence-electron chi connectivity index (χ1n) is 6.68. The van der Waals surface area contributed by atoms with Crippen LogP contribution in [0.5, 0.6) is 0 Å². The molecule has 3 nitrogen and oxygen atoms in total. The van der Waals surface area contributed by atoms with Crippen molar-refractivity contribution >= 4 is 15.9 Å². The van der Waals surface area contributed by atoms with E-state index in [1.54, 1.807) is 7.11 Å². The van der Waals surface area contributed by atoms with E-state index in [-0.39, 0.29) is 12.5 Å². The fraction of sp³-hybridized carbons (Fsp3) is 0.600. The number of hydrogen-bond acceptors (Lipinski definition) is 3. The molecule has 0 aliphatic rings. The molecule has 0 aliphatic heterocycles. The van der Waals surface area contributed by atoms with Gasteiger partial charge in [-0.1, -0.05) is 28.1 Å². The van der Waals surface area contributed by atoms with Gasteiger partial charge >= 0.3 is 0 Å². The Kier molecular flexibility index (Phi) is 9.08. The predicted molar refractivity (Wildman–Crippen MR) is 80.4 cm³/mol. The van der Waals surface area contributed by atoms with Crippen LogP contribution in [0.2, 0.25) is 0 Å². The fourth-order valence-corrected chi connectivity index (χ4v) is 2.13. The second-order valence-electron chi connectivity index (χ2n) is 4.63. The van der Waals surface area contributed by atoms with Crippen molar-refractivity contribution in [2.24, 2.45) is 5.92 Å². The molecular formula is C15H23BrO3. The molecule has 0 amide bonds. The summed E-state index contributed by atoms with van der Waals surface area (Å²) < 4.78 is 11.6. The summed E-state index contributed by atoms with van der Waals surface area (Å²) in [5.41, 5.74) is 1.25. The van der Waals surface area contributed by atoms with Gasteiger partial charge in [-0.2, -0.15) is 0 Å². The van der Waals surface area contributed by atoms with Crippen molar-refractivity contribution in [3.63, 3.8) is 0 Å². The molecule has 0 fully saturated rings. The van der Waals surface area contributed by atoms with Gasteiger partial charge in [-0.3, -0.25) is 0 Å². The third kappa shape index (κ3) is 7.67. The van der Waals surface area contributed by atoms with E-state index in [0.717, 1.165) is 36.9 Å². The van der Waals surface area contributed by atoms with Gasteiger partial charge in [0.25, 0.3) is 0 Å². The van der Waals surface area contributed by atoms with Crippen molar-refractivity contribution in [2.45, 2.75) is 19.3 Å². The third-order valence-corrected chi connectivity index (χ3v) is 3.53. The fourth-order valence-electron chi connectivity index (χ4n) is 1.87. The molecule has 108 valence electrons. The summed E-state index contributed by atoms with van der Waals surface area (Å²) in [7, 11) is 1.69. The number of methoxy groups -OCH3 is 1. The van der Waals surface area contributed by atoms with Crippen LogP contribution < -0.4 is 0 Å². The summed E-state index contributed by atoms with van der Waals surface area (Å²) in [5, 5.41) is 9.40. The molecule has 0 saturated heterocycles. The zero-order chi connectivity index (χ0) is 13.9. The SMILES string of the molecule is COCCCOCCC(CO)Cc1ccc(Br)cc1. The molecule has 1 aromatic rings. The summed E-state index contributed by atoms with van der Waals surface area (Å²) in [4.78, 5) is 0. The molecule has 1 rings (SSSR count). The number of ether oxygens (including phenoxy) is 2. The van der Waals surface area contributed by atoms with E-state index in [9.17, 15) is 5.11 Å². The quantitative estimate of drug-likeness (QED) is 0.670. The molecule has 0 saturated carbocycles. The number of aliphatic hydroxyl groups excluding tert-OH is 1. The molecule has 0 heterocycles. The van der Waals surface area contributed by atoms with Gasteiger partial charge in [-0.05, 0) is 42.9 Å². The molecule has 19 heavy (non-hydrogen) atoms. The molecule has 0 spiro atoms. The van der Waals surface area contributed by atoms with Gasteiger partial charge in [0.15, 0.2) is 0 Å². The largest absolute Gasteiger partial charge is 0.396 e. The van der Waals surface area contributed by atoms with Crippen molar-refractivity contribution in [2.75, 3.05) is 33.5 Å². The molecular weight excluding hydrogens is 308 g/mol. The van der Waals surface area contributed by atoms with Crippen LogP contribution >= 0.6 is 15.9 Å². The Morgan fingerprint density at radius 1 is 1.16 bits per heavy atom. The number of halogens is 1. The lowest BCUT2D eigenvalue weighted by Gasteiger charge is -2.14. The number of rotatable bonds is 10. The molecule has 0 aromatic heterocycles. The highest BCUT2D eigenvalue weighted by molar-refractivity contribution is 9.10. The van der Waals surface area contributed by atoms with E-state index >= 15 is 0 Å². The molecule has 0 aliphatic carbocycles. The first-order chi connectivity index (χ1) is 9.26. The smallest absolute Gasteiger partial charge is 0.0487 e. The summed E-state index contributed by atoms with van der Waals surface area (Å²) in [6, 6.07) is 8.24. The van der Waals surface area contributed by atoms with Crippen molar-refractivity contribution in [1.29, 1.82) is 0 Å². The maximum Gasteiger partial charge on any atom is 0.0487 e. The lowest BCUT2D eigenvalue weighted by atomic mass is 9.97. The zero-order valence-corrected chi connectivity index (χ0v) is 13.1. The minimum Gasteiger partial charge on any atom is -0.396 e. The van der Waals surface area contributed by atoms with Crippen LogP contribution in [0.1, 0.15) is 18.4 Å². The number of hydrogen-bond donors (Lipinski definition) is 1. The van der Waals surface area contributed by atoms with Crippen LogP contribution in [0.25, 0.3) is 0 Å².